The van der Waals surface area contributed by atoms with Crippen LogP contribution in [0.15, 0.2) is 46.3 Å². The van der Waals surface area contributed by atoms with Gasteiger partial charge in [-0.2, -0.15) is 0 Å². The van der Waals surface area contributed by atoms with E-state index < -0.39 is 11.6 Å². The molecule has 0 atom stereocenters. The highest BCUT2D eigenvalue weighted by Gasteiger charge is 2.32. The molecule has 1 saturated heterocycles. The lowest BCUT2D eigenvalue weighted by Gasteiger charge is -2.39. The summed E-state index contributed by atoms with van der Waals surface area (Å²) in [6.45, 7) is 3.39. The minimum Gasteiger partial charge on any atom is -0.465 e. The Kier molecular flexibility index (Phi) is 4.76. The second-order valence-corrected chi connectivity index (χ2v) is 8.32. The molecule has 0 radical (unpaired) electrons. The number of nitrogens with zero attached hydrogens (tertiary/aromatic N) is 3. The number of carboxylic acid groups (broad SMARTS) is 1. The third-order valence-electron chi connectivity index (χ3n) is 4.96. The highest BCUT2D eigenvalue weighted by Crippen LogP contribution is 2.30. The number of nitrogens with one attached hydrogen (secondary N) is 2. The van der Waals surface area contributed by atoms with Crippen LogP contribution in [0.5, 0.6) is 0 Å². The average Bonchev–Trinajstić information content (AvgIpc) is 3.04. The van der Waals surface area contributed by atoms with Crippen molar-refractivity contribution in [1.82, 2.24) is 20.3 Å². The fourth-order valence-corrected chi connectivity index (χ4v) is 4.22. The second kappa shape index (κ2) is 7.23. The molecule has 2 aromatic heterocycles. The lowest BCUT2D eigenvalue weighted by Crippen LogP contribution is -2.53. The van der Waals surface area contributed by atoms with Gasteiger partial charge in [0.15, 0.2) is 5.65 Å². The maximum Gasteiger partial charge on any atom is 0.405 e. The number of H-pyrrole nitrogens is 1. The van der Waals surface area contributed by atoms with Crippen molar-refractivity contribution in [2.24, 2.45) is 0 Å². The van der Waals surface area contributed by atoms with E-state index in [1.807, 2.05) is 43.3 Å². The molecule has 3 heterocycles. The number of rotatable bonds is 4. The van der Waals surface area contributed by atoms with Gasteiger partial charge in [0.2, 0.25) is 5.95 Å². The standard InChI is InChI=1S/C19H22N6O2S/c1-19(24-18(26)27)7-9-25(10-8-19)17-21-14-5-6-15(22-16(14)23-17)28-13-4-2-3-12(20)11-13/h2-6,11,24H,7-10,20H2,1H3,(H,26,27)(H,21,22,23). The highest BCUT2D eigenvalue weighted by molar-refractivity contribution is 7.99. The van der Waals surface area contributed by atoms with Gasteiger partial charge in [-0.05, 0) is 50.1 Å². The fraction of sp³-hybridized carbons (Fsp3) is 0.316. The quantitative estimate of drug-likeness (QED) is 0.498. The summed E-state index contributed by atoms with van der Waals surface area (Å²) in [6.07, 6.45) is 0.467. The number of benzene rings is 1. The highest BCUT2D eigenvalue weighted by atomic mass is 32.2. The number of piperidine rings is 1. The summed E-state index contributed by atoms with van der Waals surface area (Å²) in [6, 6.07) is 11.6. The smallest absolute Gasteiger partial charge is 0.405 e. The Hall–Kier alpha value is -2.94. The van der Waals surface area contributed by atoms with E-state index in [0.717, 1.165) is 58.7 Å². The van der Waals surface area contributed by atoms with Crippen molar-refractivity contribution < 1.29 is 9.90 Å². The van der Waals surface area contributed by atoms with Crippen molar-refractivity contribution in [2.75, 3.05) is 23.7 Å². The van der Waals surface area contributed by atoms with Gasteiger partial charge in [0.05, 0.1) is 0 Å². The van der Waals surface area contributed by atoms with E-state index in [-0.39, 0.29) is 0 Å². The molecule has 3 aromatic rings. The van der Waals surface area contributed by atoms with Crippen LogP contribution in [0.25, 0.3) is 11.2 Å². The third kappa shape index (κ3) is 3.99. The van der Waals surface area contributed by atoms with Crippen molar-refractivity contribution in [1.29, 1.82) is 0 Å². The number of aromatic amines is 1. The number of fused-ring (bicyclic) bond motifs is 1. The van der Waals surface area contributed by atoms with Crippen molar-refractivity contribution in [2.45, 2.75) is 35.2 Å². The summed E-state index contributed by atoms with van der Waals surface area (Å²) in [5.41, 5.74) is 7.72. The number of hydrogen-bond donors (Lipinski definition) is 4. The molecule has 1 aromatic carbocycles. The van der Waals surface area contributed by atoms with Gasteiger partial charge >= 0.3 is 6.09 Å². The average molecular weight is 398 g/mol. The number of nitrogens with two attached hydrogens (primary N) is 1. The monoisotopic (exact) mass is 398 g/mol. The third-order valence-corrected chi connectivity index (χ3v) is 5.89. The lowest BCUT2D eigenvalue weighted by atomic mass is 9.90. The van der Waals surface area contributed by atoms with Crippen LogP contribution in [0, 0.1) is 0 Å². The number of nitrogen functional groups attached to an aromatic ring is 1. The summed E-state index contributed by atoms with van der Waals surface area (Å²) in [5, 5.41) is 12.5. The van der Waals surface area contributed by atoms with Gasteiger partial charge in [-0.15, -0.1) is 0 Å². The van der Waals surface area contributed by atoms with E-state index in [9.17, 15) is 4.79 Å². The molecule has 1 aliphatic rings. The molecule has 1 aliphatic heterocycles. The van der Waals surface area contributed by atoms with E-state index in [4.69, 9.17) is 10.8 Å². The van der Waals surface area contributed by atoms with Gasteiger partial charge in [-0.1, -0.05) is 17.8 Å². The number of amides is 1. The predicted molar refractivity (Wildman–Crippen MR) is 110 cm³/mol. The zero-order valence-corrected chi connectivity index (χ0v) is 16.3. The van der Waals surface area contributed by atoms with Gasteiger partial charge in [0.1, 0.15) is 10.5 Å². The molecule has 0 bridgehead atoms. The van der Waals surface area contributed by atoms with Gasteiger partial charge in [0.25, 0.3) is 0 Å². The first kappa shape index (κ1) is 18.4. The predicted octanol–water partition coefficient (Wildman–Crippen LogP) is 3.32. The summed E-state index contributed by atoms with van der Waals surface area (Å²) in [5.74, 6) is 0.769. The van der Waals surface area contributed by atoms with E-state index in [0.29, 0.717) is 0 Å². The Labute approximate surface area is 166 Å². The van der Waals surface area contributed by atoms with Crippen LogP contribution in [-0.2, 0) is 0 Å². The molecular formula is C19H22N6O2S. The van der Waals surface area contributed by atoms with Crippen LogP contribution in [0.2, 0.25) is 0 Å². The first-order valence-corrected chi connectivity index (χ1v) is 9.88. The Bertz CT molecular complexity index is 1010. The molecule has 1 amide bonds. The number of hydrogen-bond acceptors (Lipinski definition) is 6. The van der Waals surface area contributed by atoms with E-state index in [1.165, 1.54) is 0 Å². The fourth-order valence-electron chi connectivity index (χ4n) is 3.36. The van der Waals surface area contributed by atoms with Gasteiger partial charge in [0, 0.05) is 29.2 Å². The molecular weight excluding hydrogens is 376 g/mol. The SMILES string of the molecule is CC1(NC(=O)O)CCN(c2nc3ccc(Sc4cccc(N)c4)nc3[nH]2)CC1. The zero-order valence-electron chi connectivity index (χ0n) is 15.5. The van der Waals surface area contributed by atoms with E-state index in [1.54, 1.807) is 11.8 Å². The van der Waals surface area contributed by atoms with Gasteiger partial charge in [-0.3, -0.25) is 0 Å². The van der Waals surface area contributed by atoms with Crippen LogP contribution >= 0.6 is 11.8 Å². The number of aromatic nitrogens is 3. The summed E-state index contributed by atoms with van der Waals surface area (Å²) < 4.78 is 0. The van der Waals surface area contributed by atoms with Gasteiger partial charge in [-0.25, -0.2) is 14.8 Å². The molecule has 8 nitrogen and oxygen atoms in total. The number of anilines is 2. The van der Waals surface area contributed by atoms with Crippen molar-refractivity contribution in [3.63, 3.8) is 0 Å². The van der Waals surface area contributed by atoms with Crippen LogP contribution in [0.4, 0.5) is 16.4 Å². The summed E-state index contributed by atoms with van der Waals surface area (Å²) in [7, 11) is 0. The van der Waals surface area contributed by atoms with Crippen LogP contribution in [0.3, 0.4) is 0 Å². The maximum atomic E-state index is 11.0. The molecule has 1 fully saturated rings. The molecule has 4 rings (SSSR count). The molecule has 146 valence electrons. The molecule has 28 heavy (non-hydrogen) atoms. The Balaban J connectivity index is 1.49. The van der Waals surface area contributed by atoms with Crippen LogP contribution < -0.4 is 16.0 Å². The largest absolute Gasteiger partial charge is 0.465 e. The number of imidazole rings is 1. The number of pyridine rings is 1. The minimum atomic E-state index is -0.978. The number of carbonyl (C=O) groups is 1. The zero-order chi connectivity index (χ0) is 19.7. The van der Waals surface area contributed by atoms with E-state index >= 15 is 0 Å². The summed E-state index contributed by atoms with van der Waals surface area (Å²) in [4.78, 5) is 26.8. The Morgan fingerprint density at radius 2 is 2.07 bits per heavy atom. The molecule has 0 spiro atoms. The minimum absolute atomic E-state index is 0.395. The first-order valence-electron chi connectivity index (χ1n) is 9.06. The molecule has 9 heteroatoms. The van der Waals surface area contributed by atoms with Crippen LogP contribution in [0.1, 0.15) is 19.8 Å². The second-order valence-electron chi connectivity index (χ2n) is 7.23. The van der Waals surface area contributed by atoms with Crippen molar-refractivity contribution >= 4 is 40.7 Å². The Morgan fingerprint density at radius 3 is 2.79 bits per heavy atom. The normalized spacial score (nSPS) is 16.2. The topological polar surface area (TPSA) is 120 Å². The molecule has 0 aliphatic carbocycles. The van der Waals surface area contributed by atoms with Crippen molar-refractivity contribution in [3.8, 4) is 0 Å². The lowest BCUT2D eigenvalue weighted by molar-refractivity contribution is 0.173. The van der Waals surface area contributed by atoms with Crippen LogP contribution in [-0.4, -0.2) is 44.8 Å². The molecule has 0 unspecified atom stereocenters. The van der Waals surface area contributed by atoms with Gasteiger partial charge < -0.3 is 26.0 Å². The Morgan fingerprint density at radius 1 is 1.29 bits per heavy atom. The summed E-state index contributed by atoms with van der Waals surface area (Å²) >= 11 is 1.55. The molecule has 5 N–H and O–H groups in total. The van der Waals surface area contributed by atoms with E-state index in [2.05, 4.69) is 25.2 Å². The first-order chi connectivity index (χ1) is 13.4. The molecule has 0 saturated carbocycles. The van der Waals surface area contributed by atoms with Crippen molar-refractivity contribution in [3.05, 3.63) is 36.4 Å². The maximum absolute atomic E-state index is 11.0.